The summed E-state index contributed by atoms with van der Waals surface area (Å²) in [5.41, 5.74) is 2.66. The van der Waals surface area contributed by atoms with E-state index in [4.69, 9.17) is 0 Å². The van der Waals surface area contributed by atoms with Gasteiger partial charge >= 0.3 is 0 Å². The first-order chi connectivity index (χ1) is 13.7. The van der Waals surface area contributed by atoms with Crippen molar-refractivity contribution in [1.29, 1.82) is 0 Å². The predicted octanol–water partition coefficient (Wildman–Crippen LogP) is 1.42. The highest BCUT2D eigenvalue weighted by atomic mass is 16.2. The van der Waals surface area contributed by atoms with Crippen molar-refractivity contribution < 1.29 is 9.59 Å². The molecule has 1 unspecified atom stereocenters. The van der Waals surface area contributed by atoms with E-state index in [1.54, 1.807) is 0 Å². The lowest BCUT2D eigenvalue weighted by Crippen LogP contribution is -2.52. The summed E-state index contributed by atoms with van der Waals surface area (Å²) >= 11 is 0. The molecule has 2 saturated heterocycles. The van der Waals surface area contributed by atoms with Gasteiger partial charge in [-0.25, -0.2) is 0 Å². The zero-order chi connectivity index (χ0) is 19.3. The van der Waals surface area contributed by atoms with Crippen molar-refractivity contribution in [3.05, 3.63) is 35.4 Å². The maximum Gasteiger partial charge on any atom is 0.236 e. The summed E-state index contributed by atoms with van der Waals surface area (Å²) in [5, 5.41) is 3.25. The van der Waals surface area contributed by atoms with Crippen LogP contribution < -0.4 is 5.32 Å². The summed E-state index contributed by atoms with van der Waals surface area (Å²) in [6, 6.07) is 8.62. The number of carbonyl (C=O) groups excluding carboxylic acids is 2. The largest absolute Gasteiger partial charge is 0.348 e. The van der Waals surface area contributed by atoms with Crippen LogP contribution in [0.3, 0.4) is 0 Å². The van der Waals surface area contributed by atoms with E-state index in [1.165, 1.54) is 11.1 Å². The van der Waals surface area contributed by atoms with Gasteiger partial charge in [0, 0.05) is 39.3 Å². The molecule has 0 bridgehead atoms. The molecule has 1 aromatic carbocycles. The van der Waals surface area contributed by atoms with Gasteiger partial charge in [0.15, 0.2) is 0 Å². The van der Waals surface area contributed by atoms with E-state index in [0.29, 0.717) is 13.1 Å². The summed E-state index contributed by atoms with van der Waals surface area (Å²) in [7, 11) is 0. The van der Waals surface area contributed by atoms with Crippen LogP contribution in [0, 0.1) is 0 Å². The number of nitrogens with one attached hydrogen (secondary N) is 1. The molecule has 0 saturated carbocycles. The second-order valence-electron chi connectivity index (χ2n) is 8.35. The highest BCUT2D eigenvalue weighted by Gasteiger charge is 2.26. The molecule has 3 aliphatic rings. The van der Waals surface area contributed by atoms with Gasteiger partial charge in [-0.3, -0.25) is 19.4 Å². The molecule has 0 spiro atoms. The molecule has 2 fully saturated rings. The number of aryl methyl sites for hydroxylation is 1. The fourth-order valence-electron chi connectivity index (χ4n) is 4.71. The van der Waals surface area contributed by atoms with Gasteiger partial charge in [0.05, 0.1) is 19.1 Å². The Morgan fingerprint density at radius 3 is 2.32 bits per heavy atom. The number of hydrogen-bond donors (Lipinski definition) is 1. The minimum absolute atomic E-state index is 0.114. The van der Waals surface area contributed by atoms with Crippen molar-refractivity contribution >= 4 is 11.8 Å². The molecule has 1 atom stereocenters. The second kappa shape index (κ2) is 9.05. The van der Waals surface area contributed by atoms with Crippen molar-refractivity contribution in [3.8, 4) is 0 Å². The molecule has 0 radical (unpaired) electrons. The van der Waals surface area contributed by atoms with Crippen molar-refractivity contribution in [2.24, 2.45) is 0 Å². The summed E-state index contributed by atoms with van der Waals surface area (Å²) in [4.78, 5) is 31.3. The maximum atomic E-state index is 12.6. The summed E-state index contributed by atoms with van der Waals surface area (Å²) in [6.07, 6.45) is 5.54. The molecular formula is C22H32N4O2. The molecule has 2 aliphatic heterocycles. The van der Waals surface area contributed by atoms with Gasteiger partial charge in [-0.15, -0.1) is 0 Å². The van der Waals surface area contributed by atoms with E-state index in [9.17, 15) is 9.59 Å². The average Bonchev–Trinajstić information content (AvgIpc) is 3.25. The van der Waals surface area contributed by atoms with Crippen LogP contribution in [0.15, 0.2) is 24.3 Å². The second-order valence-corrected chi connectivity index (χ2v) is 8.35. The van der Waals surface area contributed by atoms with Crippen molar-refractivity contribution in [2.75, 3.05) is 52.4 Å². The first-order valence-electron chi connectivity index (χ1n) is 10.8. The number of carbonyl (C=O) groups is 2. The molecule has 28 heavy (non-hydrogen) atoms. The third-order valence-electron chi connectivity index (χ3n) is 6.35. The Labute approximate surface area is 167 Å². The normalized spacial score (nSPS) is 23.4. The smallest absolute Gasteiger partial charge is 0.236 e. The Morgan fingerprint density at radius 1 is 0.893 bits per heavy atom. The molecule has 6 nitrogen and oxygen atoms in total. The van der Waals surface area contributed by atoms with Gasteiger partial charge in [-0.1, -0.05) is 24.3 Å². The Bertz CT molecular complexity index is 694. The van der Waals surface area contributed by atoms with E-state index in [0.717, 1.165) is 71.4 Å². The lowest BCUT2D eigenvalue weighted by molar-refractivity contribution is -0.132. The van der Waals surface area contributed by atoms with Crippen LogP contribution >= 0.6 is 0 Å². The first kappa shape index (κ1) is 19.4. The fourth-order valence-corrected chi connectivity index (χ4v) is 4.71. The van der Waals surface area contributed by atoms with E-state index in [2.05, 4.69) is 39.4 Å². The van der Waals surface area contributed by atoms with Gasteiger partial charge in [-0.05, 0) is 43.2 Å². The van der Waals surface area contributed by atoms with Crippen LogP contribution in [0.1, 0.15) is 42.9 Å². The number of hydrogen-bond acceptors (Lipinski definition) is 4. The molecule has 2 heterocycles. The Kier molecular flexibility index (Phi) is 6.27. The van der Waals surface area contributed by atoms with E-state index in [1.807, 2.05) is 4.90 Å². The molecule has 152 valence electrons. The average molecular weight is 385 g/mol. The van der Waals surface area contributed by atoms with Crippen LogP contribution in [0.25, 0.3) is 0 Å². The molecule has 1 N–H and O–H groups in total. The Morgan fingerprint density at radius 2 is 1.57 bits per heavy atom. The number of likely N-dealkylation sites (tertiary alicyclic amines) is 1. The number of piperazine rings is 1. The molecule has 0 aromatic heterocycles. The number of nitrogens with zero attached hydrogens (tertiary/aromatic N) is 3. The molecule has 2 amide bonds. The van der Waals surface area contributed by atoms with Crippen LogP contribution in [0.2, 0.25) is 0 Å². The van der Waals surface area contributed by atoms with Gasteiger partial charge in [0.25, 0.3) is 0 Å². The monoisotopic (exact) mass is 384 g/mol. The maximum absolute atomic E-state index is 12.6. The predicted molar refractivity (Wildman–Crippen MR) is 109 cm³/mol. The van der Waals surface area contributed by atoms with Gasteiger partial charge in [-0.2, -0.15) is 0 Å². The van der Waals surface area contributed by atoms with E-state index < -0.39 is 0 Å². The number of rotatable bonds is 5. The topological polar surface area (TPSA) is 55.9 Å². The van der Waals surface area contributed by atoms with Gasteiger partial charge in [0.1, 0.15) is 0 Å². The number of amides is 2. The number of fused-ring (bicyclic) bond motifs is 1. The third-order valence-corrected chi connectivity index (χ3v) is 6.35. The highest BCUT2D eigenvalue weighted by molar-refractivity contribution is 5.79. The minimum Gasteiger partial charge on any atom is -0.348 e. The van der Waals surface area contributed by atoms with Gasteiger partial charge < -0.3 is 10.2 Å². The third kappa shape index (κ3) is 4.73. The Balaban J connectivity index is 1.21. The zero-order valence-corrected chi connectivity index (χ0v) is 16.7. The van der Waals surface area contributed by atoms with Gasteiger partial charge in [0.2, 0.25) is 11.8 Å². The Hall–Kier alpha value is -1.92. The van der Waals surface area contributed by atoms with Crippen molar-refractivity contribution in [2.45, 2.75) is 38.1 Å². The molecule has 1 aliphatic carbocycles. The quantitative estimate of drug-likeness (QED) is 0.834. The minimum atomic E-state index is 0.114. The molecule has 1 aromatic rings. The highest BCUT2D eigenvalue weighted by Crippen LogP contribution is 2.29. The standard InChI is InChI=1S/C22H32N4O2/c27-21(23-20-9-5-7-18-6-1-2-8-19(18)20)16-24-12-14-25(15-13-24)17-22(28)26-10-3-4-11-26/h1-2,6,8,20H,3-5,7,9-17H2,(H,23,27). The summed E-state index contributed by atoms with van der Waals surface area (Å²) in [6.45, 7) is 6.24. The first-order valence-corrected chi connectivity index (χ1v) is 10.8. The fraction of sp³-hybridized carbons (Fsp3) is 0.636. The van der Waals surface area contributed by atoms with E-state index in [-0.39, 0.29) is 17.9 Å². The summed E-state index contributed by atoms with van der Waals surface area (Å²) in [5.74, 6) is 0.378. The molecule has 6 heteroatoms. The lowest BCUT2D eigenvalue weighted by Gasteiger charge is -2.35. The summed E-state index contributed by atoms with van der Waals surface area (Å²) < 4.78 is 0. The molecule has 4 rings (SSSR count). The van der Waals surface area contributed by atoms with Crippen molar-refractivity contribution in [1.82, 2.24) is 20.0 Å². The molecular weight excluding hydrogens is 352 g/mol. The zero-order valence-electron chi connectivity index (χ0n) is 16.7. The van der Waals surface area contributed by atoms with Crippen LogP contribution in [-0.4, -0.2) is 78.9 Å². The lowest BCUT2D eigenvalue weighted by atomic mass is 9.88. The van der Waals surface area contributed by atoms with Crippen LogP contribution in [-0.2, 0) is 16.0 Å². The van der Waals surface area contributed by atoms with E-state index >= 15 is 0 Å². The van der Waals surface area contributed by atoms with Crippen LogP contribution in [0.4, 0.5) is 0 Å². The number of benzene rings is 1. The SMILES string of the molecule is O=C(CN1CCN(CC(=O)N2CCCC2)CC1)NC1CCCc2ccccc21. The van der Waals surface area contributed by atoms with Crippen LogP contribution in [0.5, 0.6) is 0 Å². The van der Waals surface area contributed by atoms with Crippen molar-refractivity contribution in [3.63, 3.8) is 0 Å².